The first-order valence-corrected chi connectivity index (χ1v) is 4.07. The maximum Gasteiger partial charge on any atom is 0.179 e. The lowest BCUT2D eigenvalue weighted by molar-refractivity contribution is 0.0997. The first-order valence-electron chi connectivity index (χ1n) is 4.07. The first kappa shape index (κ1) is 9.86. The molecule has 0 fully saturated rings. The van der Waals surface area contributed by atoms with Gasteiger partial charge in [0.2, 0.25) is 0 Å². The molecule has 2 nitrogen and oxygen atoms in total. The van der Waals surface area contributed by atoms with Gasteiger partial charge in [0, 0.05) is 0 Å². The Bertz CT molecular complexity index is 347. The molecule has 1 aromatic rings. The standard InChI is InChI=1S/C10H12FNO/c1-6-3-4-7(2)10(11)9(6)8(13)5-12/h3-4H,5,12H2,1-2H3. The highest BCUT2D eigenvalue weighted by Crippen LogP contribution is 2.16. The summed E-state index contributed by atoms with van der Waals surface area (Å²) in [5.74, 6) is -0.797. The normalized spacial score (nSPS) is 10.2. The van der Waals surface area contributed by atoms with Gasteiger partial charge in [-0.25, -0.2) is 4.39 Å². The van der Waals surface area contributed by atoms with E-state index < -0.39 is 5.82 Å². The van der Waals surface area contributed by atoms with E-state index in [1.165, 1.54) is 0 Å². The second-order valence-electron chi connectivity index (χ2n) is 3.02. The molecule has 13 heavy (non-hydrogen) atoms. The van der Waals surface area contributed by atoms with Crippen molar-refractivity contribution in [3.63, 3.8) is 0 Å². The maximum absolute atomic E-state index is 13.4. The van der Waals surface area contributed by atoms with Crippen molar-refractivity contribution < 1.29 is 9.18 Å². The molecule has 0 aliphatic rings. The van der Waals surface area contributed by atoms with Crippen LogP contribution in [0.25, 0.3) is 0 Å². The van der Waals surface area contributed by atoms with E-state index in [-0.39, 0.29) is 17.9 Å². The third-order valence-electron chi connectivity index (χ3n) is 2.01. The van der Waals surface area contributed by atoms with Crippen LogP contribution in [0.5, 0.6) is 0 Å². The molecule has 2 N–H and O–H groups in total. The molecule has 0 radical (unpaired) electrons. The molecular formula is C10H12FNO. The summed E-state index contributed by atoms with van der Waals surface area (Å²) in [7, 11) is 0. The van der Waals surface area contributed by atoms with E-state index >= 15 is 0 Å². The monoisotopic (exact) mass is 181 g/mol. The molecule has 0 saturated carbocycles. The molecule has 0 bridgehead atoms. The smallest absolute Gasteiger partial charge is 0.179 e. The van der Waals surface area contributed by atoms with Gasteiger partial charge < -0.3 is 5.73 Å². The summed E-state index contributed by atoms with van der Waals surface area (Å²) >= 11 is 0. The van der Waals surface area contributed by atoms with Gasteiger partial charge >= 0.3 is 0 Å². The highest BCUT2D eigenvalue weighted by molar-refractivity contribution is 5.99. The van der Waals surface area contributed by atoms with Crippen LogP contribution in [-0.4, -0.2) is 12.3 Å². The fourth-order valence-electron chi connectivity index (χ4n) is 1.22. The molecule has 0 saturated heterocycles. The Labute approximate surface area is 76.6 Å². The van der Waals surface area contributed by atoms with Crippen molar-refractivity contribution in [1.82, 2.24) is 0 Å². The Morgan fingerprint density at radius 3 is 2.46 bits per heavy atom. The molecule has 0 aromatic heterocycles. The number of carbonyl (C=O) groups excluding carboxylic acids is 1. The summed E-state index contributed by atoms with van der Waals surface area (Å²) in [5.41, 5.74) is 6.42. The Balaban J connectivity index is 3.33. The molecule has 70 valence electrons. The average molecular weight is 181 g/mol. The van der Waals surface area contributed by atoms with Crippen LogP contribution in [0.4, 0.5) is 4.39 Å². The molecule has 0 aliphatic carbocycles. The topological polar surface area (TPSA) is 43.1 Å². The van der Waals surface area contributed by atoms with Crippen molar-refractivity contribution >= 4 is 5.78 Å². The summed E-state index contributed by atoms with van der Waals surface area (Å²) in [6.45, 7) is 3.18. The highest BCUT2D eigenvalue weighted by atomic mass is 19.1. The molecule has 0 unspecified atom stereocenters. The first-order chi connectivity index (χ1) is 6.07. The van der Waals surface area contributed by atoms with Gasteiger partial charge in [0.15, 0.2) is 5.78 Å². The fourth-order valence-corrected chi connectivity index (χ4v) is 1.22. The van der Waals surface area contributed by atoms with Crippen LogP contribution in [-0.2, 0) is 0 Å². The Hall–Kier alpha value is -1.22. The predicted octanol–water partition coefficient (Wildman–Crippen LogP) is 1.58. The molecule has 0 aliphatic heterocycles. The van der Waals surface area contributed by atoms with Crippen molar-refractivity contribution in [1.29, 1.82) is 0 Å². The summed E-state index contributed by atoms with van der Waals surface area (Å²) in [4.78, 5) is 11.2. The van der Waals surface area contributed by atoms with Gasteiger partial charge in [-0.1, -0.05) is 12.1 Å². The third-order valence-corrected chi connectivity index (χ3v) is 2.01. The zero-order chi connectivity index (χ0) is 10.0. The number of rotatable bonds is 2. The average Bonchev–Trinajstić information content (AvgIpc) is 2.12. The van der Waals surface area contributed by atoms with E-state index in [2.05, 4.69) is 0 Å². The van der Waals surface area contributed by atoms with Crippen molar-refractivity contribution in [2.24, 2.45) is 5.73 Å². The summed E-state index contributed by atoms with van der Waals surface area (Å²) < 4.78 is 13.4. The van der Waals surface area contributed by atoms with Crippen LogP contribution in [0.15, 0.2) is 12.1 Å². The number of carbonyl (C=O) groups is 1. The van der Waals surface area contributed by atoms with Crippen LogP contribution < -0.4 is 5.73 Å². The lowest BCUT2D eigenvalue weighted by Crippen LogP contribution is -2.17. The van der Waals surface area contributed by atoms with E-state index in [1.807, 2.05) is 0 Å². The lowest BCUT2D eigenvalue weighted by Gasteiger charge is -2.06. The zero-order valence-corrected chi connectivity index (χ0v) is 7.73. The maximum atomic E-state index is 13.4. The van der Waals surface area contributed by atoms with Gasteiger partial charge in [-0.05, 0) is 25.0 Å². The van der Waals surface area contributed by atoms with Gasteiger partial charge in [-0.15, -0.1) is 0 Å². The minimum absolute atomic E-state index is 0.127. The predicted molar refractivity (Wildman–Crippen MR) is 49.3 cm³/mol. The van der Waals surface area contributed by atoms with Crippen molar-refractivity contribution in [3.8, 4) is 0 Å². The van der Waals surface area contributed by atoms with E-state index in [0.29, 0.717) is 11.1 Å². The number of hydrogen-bond acceptors (Lipinski definition) is 2. The number of halogens is 1. The van der Waals surface area contributed by atoms with Gasteiger partial charge in [0.25, 0.3) is 0 Å². The SMILES string of the molecule is Cc1ccc(C)c(C(=O)CN)c1F. The van der Waals surface area contributed by atoms with Crippen molar-refractivity contribution in [2.45, 2.75) is 13.8 Å². The number of ketones is 1. The van der Waals surface area contributed by atoms with E-state index in [1.54, 1.807) is 26.0 Å². The third kappa shape index (κ3) is 1.75. The molecule has 0 amide bonds. The molecule has 3 heteroatoms. The van der Waals surface area contributed by atoms with Gasteiger partial charge in [0.1, 0.15) is 5.82 Å². The second kappa shape index (κ2) is 3.66. The van der Waals surface area contributed by atoms with E-state index in [0.717, 1.165) is 0 Å². The number of Topliss-reactive ketones (excluding diaryl/α,β-unsaturated/α-hetero) is 1. The highest BCUT2D eigenvalue weighted by Gasteiger charge is 2.14. The molecule has 1 rings (SSSR count). The van der Waals surface area contributed by atoms with Crippen molar-refractivity contribution in [2.75, 3.05) is 6.54 Å². The minimum Gasteiger partial charge on any atom is -0.324 e. The molecule has 1 aromatic carbocycles. The van der Waals surface area contributed by atoms with Crippen molar-refractivity contribution in [3.05, 3.63) is 34.6 Å². The van der Waals surface area contributed by atoms with Gasteiger partial charge in [-0.3, -0.25) is 4.79 Å². The molecular weight excluding hydrogens is 169 g/mol. The van der Waals surface area contributed by atoms with Gasteiger partial charge in [-0.2, -0.15) is 0 Å². The van der Waals surface area contributed by atoms with Gasteiger partial charge in [0.05, 0.1) is 12.1 Å². The lowest BCUT2D eigenvalue weighted by atomic mass is 10.0. The van der Waals surface area contributed by atoms with Crippen LogP contribution in [0.3, 0.4) is 0 Å². The Morgan fingerprint density at radius 1 is 1.38 bits per heavy atom. The number of nitrogens with two attached hydrogens (primary N) is 1. The number of hydrogen-bond donors (Lipinski definition) is 1. The van der Waals surface area contributed by atoms with Crippen LogP contribution >= 0.6 is 0 Å². The van der Waals surface area contributed by atoms with E-state index in [4.69, 9.17) is 5.73 Å². The summed E-state index contributed by atoms with van der Waals surface area (Å²) in [5, 5.41) is 0. The number of benzene rings is 1. The molecule has 0 heterocycles. The molecule has 0 spiro atoms. The van der Waals surface area contributed by atoms with Crippen LogP contribution in [0.1, 0.15) is 21.5 Å². The zero-order valence-electron chi connectivity index (χ0n) is 7.73. The summed E-state index contributed by atoms with van der Waals surface area (Å²) in [6, 6.07) is 3.37. The Morgan fingerprint density at radius 2 is 1.92 bits per heavy atom. The largest absolute Gasteiger partial charge is 0.324 e. The summed E-state index contributed by atoms with van der Waals surface area (Å²) in [6.07, 6.45) is 0. The fraction of sp³-hybridized carbons (Fsp3) is 0.300. The van der Waals surface area contributed by atoms with Crippen LogP contribution in [0, 0.1) is 19.7 Å². The Kier molecular flexibility index (Phi) is 2.78. The quantitative estimate of drug-likeness (QED) is 0.704. The second-order valence-corrected chi connectivity index (χ2v) is 3.02. The van der Waals surface area contributed by atoms with Crippen LogP contribution in [0.2, 0.25) is 0 Å². The molecule has 0 atom stereocenters. The van der Waals surface area contributed by atoms with E-state index in [9.17, 15) is 9.18 Å². The minimum atomic E-state index is -0.449. The number of aryl methyl sites for hydroxylation is 2.